The quantitative estimate of drug-likeness (QED) is 0.233. The fourth-order valence-corrected chi connectivity index (χ4v) is 7.11. The Bertz CT molecular complexity index is 1570. The van der Waals surface area contributed by atoms with E-state index in [0.717, 1.165) is 0 Å². The molecule has 1 saturated carbocycles. The number of carbonyl (C=O) groups is 1. The van der Waals surface area contributed by atoms with E-state index in [4.69, 9.17) is 37.9 Å². The largest absolute Gasteiger partial charge is 0.497 e. The number of hydrogen-bond donors (Lipinski definition) is 4. The highest BCUT2D eigenvalue weighted by atomic mass is 16.8. The molecule has 0 spiro atoms. The molecule has 0 amide bonds. The van der Waals surface area contributed by atoms with Crippen molar-refractivity contribution in [2.45, 2.75) is 48.0 Å². The van der Waals surface area contributed by atoms with Crippen molar-refractivity contribution in [2.24, 2.45) is 5.92 Å². The van der Waals surface area contributed by atoms with E-state index >= 15 is 0 Å². The summed E-state index contributed by atoms with van der Waals surface area (Å²) in [6.07, 6.45) is -6.03. The van der Waals surface area contributed by atoms with Crippen molar-refractivity contribution >= 4 is 5.97 Å². The van der Waals surface area contributed by atoms with E-state index in [1.165, 1.54) is 40.6 Å². The number of methoxy groups -OCH3 is 4. The standard InChI is InChI=1S/C34H38O13/c1-40-20-12-10-19(11-13-20)34-27(18-8-6-5-7-9-18)26(30(38)42-3)29(37)33(34,39)28-23(41-2)14-21(15-24(28)47-34)45-32-31(43-4)44-17-25(46-32)22(36)16-35/h5-15,22,25-27,29,31-32,35-37,39H,16-17H2,1-4H3/t22-,25-,26-,27-,29-,31-,32-,33+,34?/m1/s1. The molecular formula is C34H38O13. The molecule has 0 radical (unpaired) electrons. The van der Waals surface area contributed by atoms with Crippen molar-refractivity contribution in [3.05, 3.63) is 83.4 Å². The van der Waals surface area contributed by atoms with Gasteiger partial charge in [0.1, 0.15) is 41.3 Å². The molecule has 0 aromatic heterocycles. The second kappa shape index (κ2) is 12.9. The molecule has 13 nitrogen and oxygen atoms in total. The summed E-state index contributed by atoms with van der Waals surface area (Å²) >= 11 is 0. The lowest BCUT2D eigenvalue weighted by Crippen LogP contribution is -2.52. The van der Waals surface area contributed by atoms with Gasteiger partial charge < -0.3 is 58.3 Å². The molecule has 2 aliphatic heterocycles. The number of rotatable bonds is 10. The Morgan fingerprint density at radius 2 is 1.70 bits per heavy atom. The Hall–Kier alpha value is -3.95. The van der Waals surface area contributed by atoms with E-state index in [9.17, 15) is 25.2 Å². The van der Waals surface area contributed by atoms with E-state index < -0.39 is 66.5 Å². The molecule has 1 saturated heterocycles. The van der Waals surface area contributed by atoms with Gasteiger partial charge in [-0.15, -0.1) is 0 Å². The van der Waals surface area contributed by atoms with E-state index in [1.54, 1.807) is 48.5 Å². The zero-order chi connectivity index (χ0) is 33.5. The third-order valence-electron chi connectivity index (χ3n) is 9.25. The summed E-state index contributed by atoms with van der Waals surface area (Å²) in [5, 5.41) is 44.7. The van der Waals surface area contributed by atoms with Crippen molar-refractivity contribution < 1.29 is 63.1 Å². The fourth-order valence-electron chi connectivity index (χ4n) is 7.11. The predicted octanol–water partition coefficient (Wildman–Crippen LogP) is 1.57. The lowest BCUT2D eigenvalue weighted by molar-refractivity contribution is -0.324. The van der Waals surface area contributed by atoms with Crippen LogP contribution in [0.3, 0.4) is 0 Å². The summed E-state index contributed by atoms with van der Waals surface area (Å²) in [5.74, 6) is -2.05. The van der Waals surface area contributed by atoms with Crippen molar-refractivity contribution in [1.29, 1.82) is 0 Å². The normalized spacial score (nSPS) is 31.7. The zero-order valence-corrected chi connectivity index (χ0v) is 26.3. The highest BCUT2D eigenvalue weighted by Crippen LogP contribution is 2.70. The van der Waals surface area contributed by atoms with Gasteiger partial charge >= 0.3 is 5.97 Å². The molecule has 0 bridgehead atoms. The molecule has 47 heavy (non-hydrogen) atoms. The SMILES string of the molecule is COC(=O)[C@@H]1[C@@H](c2ccccc2)C2(c3ccc(OC)cc3)Oc3cc(O[C@@H]4O[C@@H]([C@H](O)CO)CO[C@H]4OC)cc(OC)c3[C@]2(O)[C@@H]1O. The molecule has 4 N–H and O–H groups in total. The summed E-state index contributed by atoms with van der Waals surface area (Å²) in [7, 11) is 5.54. The summed E-state index contributed by atoms with van der Waals surface area (Å²) in [4.78, 5) is 13.5. The Balaban J connectivity index is 1.52. The van der Waals surface area contributed by atoms with Crippen LogP contribution in [0, 0.1) is 5.92 Å². The number of hydrogen-bond acceptors (Lipinski definition) is 13. The number of aliphatic hydroxyl groups excluding tert-OH is 3. The van der Waals surface area contributed by atoms with Crippen molar-refractivity contribution in [1.82, 2.24) is 0 Å². The molecule has 252 valence electrons. The Labute approximate surface area is 271 Å². The number of carbonyl (C=O) groups excluding carboxylic acids is 1. The van der Waals surface area contributed by atoms with Crippen LogP contribution in [0.5, 0.6) is 23.0 Å². The van der Waals surface area contributed by atoms with Crippen LogP contribution in [-0.4, -0.2) is 98.9 Å². The average molecular weight is 655 g/mol. The van der Waals surface area contributed by atoms with Crippen molar-refractivity contribution in [3.8, 4) is 23.0 Å². The topological polar surface area (TPSA) is 172 Å². The lowest BCUT2D eigenvalue weighted by Gasteiger charge is -2.40. The van der Waals surface area contributed by atoms with E-state index in [1.807, 2.05) is 6.07 Å². The van der Waals surface area contributed by atoms with Gasteiger partial charge in [0, 0.05) is 25.2 Å². The maximum Gasteiger partial charge on any atom is 0.312 e. The average Bonchev–Trinajstić information content (AvgIpc) is 3.49. The van der Waals surface area contributed by atoms with Gasteiger partial charge in [0.15, 0.2) is 11.2 Å². The van der Waals surface area contributed by atoms with E-state index in [2.05, 4.69) is 0 Å². The first kappa shape index (κ1) is 33.0. The van der Waals surface area contributed by atoms with Crippen molar-refractivity contribution in [2.75, 3.05) is 41.7 Å². The van der Waals surface area contributed by atoms with Crippen LogP contribution >= 0.6 is 0 Å². The Kier molecular flexibility index (Phi) is 9.06. The molecule has 3 aliphatic rings. The number of ether oxygens (including phenoxy) is 8. The monoisotopic (exact) mass is 654 g/mol. The van der Waals surface area contributed by atoms with Crippen LogP contribution in [0.15, 0.2) is 66.7 Å². The fraction of sp³-hybridized carbons (Fsp3) is 0.441. The van der Waals surface area contributed by atoms with Crippen LogP contribution in [0.25, 0.3) is 0 Å². The van der Waals surface area contributed by atoms with Gasteiger partial charge in [-0.05, 0) is 23.3 Å². The van der Waals surface area contributed by atoms with Crippen LogP contribution in [-0.2, 0) is 34.9 Å². The molecule has 9 atom stereocenters. The minimum absolute atomic E-state index is 0.0474. The second-order valence-corrected chi connectivity index (χ2v) is 11.6. The van der Waals surface area contributed by atoms with Gasteiger partial charge in [0.05, 0.1) is 46.0 Å². The Morgan fingerprint density at radius 1 is 0.979 bits per heavy atom. The molecule has 1 aliphatic carbocycles. The molecule has 2 heterocycles. The van der Waals surface area contributed by atoms with Gasteiger partial charge in [-0.1, -0.05) is 42.5 Å². The summed E-state index contributed by atoms with van der Waals surface area (Å²) in [5.41, 5.74) is -2.88. The van der Waals surface area contributed by atoms with Crippen LogP contribution in [0.2, 0.25) is 0 Å². The number of aliphatic hydroxyl groups is 4. The highest BCUT2D eigenvalue weighted by molar-refractivity contribution is 5.78. The zero-order valence-electron chi connectivity index (χ0n) is 26.3. The first-order valence-corrected chi connectivity index (χ1v) is 15.0. The molecule has 1 unspecified atom stereocenters. The highest BCUT2D eigenvalue weighted by Gasteiger charge is 2.78. The van der Waals surface area contributed by atoms with Gasteiger partial charge in [-0.25, -0.2) is 0 Å². The predicted molar refractivity (Wildman–Crippen MR) is 162 cm³/mol. The Morgan fingerprint density at radius 3 is 2.32 bits per heavy atom. The lowest BCUT2D eigenvalue weighted by atomic mass is 9.70. The third-order valence-corrected chi connectivity index (χ3v) is 9.25. The molecule has 3 aromatic rings. The maximum atomic E-state index is 13.5. The van der Waals surface area contributed by atoms with Gasteiger partial charge in [-0.2, -0.15) is 0 Å². The maximum absolute atomic E-state index is 13.5. The van der Waals surface area contributed by atoms with E-state index in [-0.39, 0.29) is 29.4 Å². The summed E-state index contributed by atoms with van der Waals surface area (Å²) < 4.78 is 46.2. The summed E-state index contributed by atoms with van der Waals surface area (Å²) in [6, 6.07) is 18.8. The minimum Gasteiger partial charge on any atom is -0.497 e. The molecule has 13 heteroatoms. The number of fused-ring (bicyclic) bond motifs is 3. The van der Waals surface area contributed by atoms with Crippen molar-refractivity contribution in [3.63, 3.8) is 0 Å². The van der Waals surface area contributed by atoms with E-state index in [0.29, 0.717) is 16.9 Å². The van der Waals surface area contributed by atoms with Crippen LogP contribution in [0.1, 0.15) is 22.6 Å². The van der Waals surface area contributed by atoms with Gasteiger partial charge in [-0.3, -0.25) is 4.79 Å². The number of benzene rings is 3. The first-order valence-electron chi connectivity index (χ1n) is 15.0. The first-order chi connectivity index (χ1) is 22.7. The van der Waals surface area contributed by atoms with Crippen LogP contribution in [0.4, 0.5) is 0 Å². The van der Waals surface area contributed by atoms with Gasteiger partial charge in [0.2, 0.25) is 6.29 Å². The number of esters is 1. The molecular weight excluding hydrogens is 616 g/mol. The molecule has 3 aromatic carbocycles. The molecule has 6 rings (SSSR count). The summed E-state index contributed by atoms with van der Waals surface area (Å²) in [6.45, 7) is -0.601. The third kappa shape index (κ3) is 5.10. The van der Waals surface area contributed by atoms with Crippen LogP contribution < -0.4 is 18.9 Å². The minimum atomic E-state index is -2.25. The smallest absolute Gasteiger partial charge is 0.312 e. The second-order valence-electron chi connectivity index (χ2n) is 11.6. The molecule has 2 fully saturated rings. The van der Waals surface area contributed by atoms with Gasteiger partial charge in [0.25, 0.3) is 6.29 Å².